The topological polar surface area (TPSA) is 126 Å². The second-order valence-corrected chi connectivity index (χ2v) is 8.24. The number of ether oxygens (including phenoxy) is 1. The number of amides is 2. The third-order valence-corrected chi connectivity index (χ3v) is 6.15. The van der Waals surface area contributed by atoms with Crippen LogP contribution in [0.1, 0.15) is 27.6 Å². The summed E-state index contributed by atoms with van der Waals surface area (Å²) in [6, 6.07) is 8.78. The van der Waals surface area contributed by atoms with Gasteiger partial charge in [0.05, 0.1) is 29.8 Å². The summed E-state index contributed by atoms with van der Waals surface area (Å²) in [7, 11) is 1.47. The number of aromatic nitrogens is 5. The molecule has 0 spiro atoms. The molecule has 1 fully saturated rings. The average Bonchev–Trinajstić information content (AvgIpc) is 3.58. The number of ketones is 1. The highest BCUT2D eigenvalue weighted by molar-refractivity contribution is 6.45. The van der Waals surface area contributed by atoms with E-state index in [1.165, 1.54) is 41.7 Å². The molecule has 5 rings (SSSR count). The highest BCUT2D eigenvalue weighted by atomic mass is 16.5. The maximum atomic E-state index is 13.3. The summed E-state index contributed by atoms with van der Waals surface area (Å²) in [5, 5.41) is 4.54. The molecule has 11 nitrogen and oxygen atoms in total. The molecule has 0 aliphatic carbocycles. The van der Waals surface area contributed by atoms with E-state index < -0.39 is 11.7 Å². The van der Waals surface area contributed by atoms with Gasteiger partial charge < -0.3 is 19.5 Å². The van der Waals surface area contributed by atoms with Gasteiger partial charge in [0.2, 0.25) is 0 Å². The Hall–Kier alpha value is -4.54. The summed E-state index contributed by atoms with van der Waals surface area (Å²) in [5.74, 6) is -0.614. The Morgan fingerprint density at radius 2 is 1.94 bits per heavy atom. The predicted octanol–water partition coefficient (Wildman–Crippen LogP) is 1.71. The molecule has 1 aliphatic rings. The lowest BCUT2D eigenvalue weighted by Gasteiger charge is -2.39. The fraction of sp³-hybridized carbons (Fsp3) is 0.250. The van der Waals surface area contributed by atoms with Crippen LogP contribution in [0.5, 0.6) is 5.75 Å². The summed E-state index contributed by atoms with van der Waals surface area (Å²) in [6.07, 6.45) is 5.82. The van der Waals surface area contributed by atoms with Crippen LogP contribution in [-0.2, 0) is 4.79 Å². The van der Waals surface area contributed by atoms with Crippen LogP contribution in [0.15, 0.2) is 55.4 Å². The van der Waals surface area contributed by atoms with Crippen molar-refractivity contribution in [1.82, 2.24) is 34.5 Å². The fourth-order valence-corrected chi connectivity index (χ4v) is 4.38. The van der Waals surface area contributed by atoms with Crippen molar-refractivity contribution in [3.63, 3.8) is 0 Å². The van der Waals surface area contributed by atoms with E-state index in [0.29, 0.717) is 34.6 Å². The average molecular weight is 473 g/mol. The van der Waals surface area contributed by atoms with Gasteiger partial charge in [0.1, 0.15) is 18.4 Å². The molecule has 2 amide bonds. The standard InChI is InChI=1S/C24H23N7O4/c1-15-12-29(8-9-30(15)23(33)16-6-4-3-5-7-16)24(34)21(32)17-10-26-20-19(17)18(35-2)11-27-22(20)31-14-25-13-28-31/h3-7,10-11,13-15,26H,8-9,12H2,1-2H3/t15-/m1/s1. The predicted molar refractivity (Wildman–Crippen MR) is 125 cm³/mol. The summed E-state index contributed by atoms with van der Waals surface area (Å²) >= 11 is 0. The molecular weight excluding hydrogens is 450 g/mol. The van der Waals surface area contributed by atoms with Gasteiger partial charge in [-0.2, -0.15) is 5.10 Å². The first-order chi connectivity index (χ1) is 17.0. The second-order valence-electron chi connectivity index (χ2n) is 8.24. The summed E-state index contributed by atoms with van der Waals surface area (Å²) in [6.45, 7) is 2.73. The van der Waals surface area contributed by atoms with E-state index in [4.69, 9.17) is 4.74 Å². The number of pyridine rings is 1. The van der Waals surface area contributed by atoms with Crippen LogP contribution in [-0.4, -0.2) is 84.9 Å². The molecule has 1 saturated heterocycles. The normalized spacial score (nSPS) is 15.9. The van der Waals surface area contributed by atoms with Crippen molar-refractivity contribution in [1.29, 1.82) is 0 Å². The van der Waals surface area contributed by atoms with Crippen molar-refractivity contribution in [2.75, 3.05) is 26.7 Å². The van der Waals surface area contributed by atoms with Crippen molar-refractivity contribution in [2.24, 2.45) is 0 Å². The lowest BCUT2D eigenvalue weighted by Crippen LogP contribution is -2.56. The van der Waals surface area contributed by atoms with Crippen molar-refractivity contribution in [3.05, 3.63) is 66.5 Å². The van der Waals surface area contributed by atoms with Crippen LogP contribution >= 0.6 is 0 Å². The molecule has 35 heavy (non-hydrogen) atoms. The quantitative estimate of drug-likeness (QED) is 0.345. The number of carbonyl (C=O) groups excluding carboxylic acids is 3. The first-order valence-corrected chi connectivity index (χ1v) is 11.1. The first kappa shape index (κ1) is 22.3. The van der Waals surface area contributed by atoms with E-state index in [0.717, 1.165) is 0 Å². The van der Waals surface area contributed by atoms with Gasteiger partial charge in [0.15, 0.2) is 5.82 Å². The van der Waals surface area contributed by atoms with Gasteiger partial charge in [-0.15, -0.1) is 0 Å². The zero-order valence-corrected chi connectivity index (χ0v) is 19.2. The summed E-state index contributed by atoms with van der Waals surface area (Å²) in [4.78, 5) is 54.0. The number of nitrogens with one attached hydrogen (secondary N) is 1. The Morgan fingerprint density at radius 1 is 1.14 bits per heavy atom. The molecular formula is C24H23N7O4. The van der Waals surface area contributed by atoms with Gasteiger partial charge in [-0.05, 0) is 19.1 Å². The number of hydrogen-bond acceptors (Lipinski definition) is 7. The number of benzene rings is 1. The second kappa shape index (κ2) is 9.01. The van der Waals surface area contributed by atoms with Gasteiger partial charge in [-0.3, -0.25) is 14.4 Å². The maximum Gasteiger partial charge on any atom is 0.295 e. The molecule has 0 bridgehead atoms. The van der Waals surface area contributed by atoms with Crippen molar-refractivity contribution < 1.29 is 19.1 Å². The van der Waals surface area contributed by atoms with E-state index in [2.05, 4.69) is 20.1 Å². The van der Waals surface area contributed by atoms with E-state index in [1.807, 2.05) is 25.1 Å². The zero-order chi connectivity index (χ0) is 24.5. The SMILES string of the molecule is COc1cnc(-n2cncn2)c2[nH]cc(C(=O)C(=O)N3CCN(C(=O)c4ccccc4)[C@H](C)C3)c12. The largest absolute Gasteiger partial charge is 0.494 e. The van der Waals surface area contributed by atoms with Gasteiger partial charge >= 0.3 is 0 Å². The highest BCUT2D eigenvalue weighted by Gasteiger charge is 2.34. The first-order valence-electron chi connectivity index (χ1n) is 11.1. The minimum Gasteiger partial charge on any atom is -0.494 e. The third-order valence-electron chi connectivity index (χ3n) is 6.15. The van der Waals surface area contributed by atoms with Gasteiger partial charge in [-0.25, -0.2) is 14.6 Å². The summed E-state index contributed by atoms with van der Waals surface area (Å²) < 4.78 is 6.88. The third kappa shape index (κ3) is 3.90. The number of rotatable bonds is 5. The van der Waals surface area contributed by atoms with Crippen LogP contribution in [0.3, 0.4) is 0 Å². The van der Waals surface area contributed by atoms with Crippen LogP contribution in [0.25, 0.3) is 16.7 Å². The number of H-pyrrole nitrogens is 1. The molecule has 1 N–H and O–H groups in total. The number of aromatic amines is 1. The minimum atomic E-state index is -0.666. The molecule has 1 aliphatic heterocycles. The van der Waals surface area contributed by atoms with Crippen LogP contribution in [0.4, 0.5) is 0 Å². The monoisotopic (exact) mass is 473 g/mol. The molecule has 4 aromatic rings. The van der Waals surface area contributed by atoms with Crippen LogP contribution in [0, 0.1) is 0 Å². The highest BCUT2D eigenvalue weighted by Crippen LogP contribution is 2.32. The molecule has 178 valence electrons. The smallest absolute Gasteiger partial charge is 0.295 e. The molecule has 0 saturated carbocycles. The number of piperazine rings is 1. The fourth-order valence-electron chi connectivity index (χ4n) is 4.38. The van der Waals surface area contributed by atoms with Crippen LogP contribution < -0.4 is 4.74 Å². The zero-order valence-electron chi connectivity index (χ0n) is 19.2. The number of methoxy groups -OCH3 is 1. The van der Waals surface area contributed by atoms with Crippen molar-refractivity contribution in [3.8, 4) is 11.6 Å². The molecule has 0 unspecified atom stereocenters. The molecule has 1 aromatic carbocycles. The lowest BCUT2D eigenvalue weighted by molar-refractivity contribution is -0.128. The van der Waals surface area contributed by atoms with Gasteiger partial charge in [-0.1, -0.05) is 18.2 Å². The molecule has 4 heterocycles. The number of fused-ring (bicyclic) bond motifs is 1. The van der Waals surface area contributed by atoms with E-state index >= 15 is 0 Å². The lowest BCUT2D eigenvalue weighted by atomic mass is 10.1. The number of nitrogens with zero attached hydrogens (tertiary/aromatic N) is 6. The maximum absolute atomic E-state index is 13.3. The Morgan fingerprint density at radius 3 is 2.63 bits per heavy atom. The number of carbonyl (C=O) groups is 3. The number of hydrogen-bond donors (Lipinski definition) is 1. The molecule has 3 aromatic heterocycles. The molecule has 11 heteroatoms. The Labute approximate surface area is 200 Å². The molecule has 1 atom stereocenters. The Bertz CT molecular complexity index is 1400. The Balaban J connectivity index is 1.39. The summed E-state index contributed by atoms with van der Waals surface area (Å²) in [5.41, 5.74) is 1.27. The van der Waals surface area contributed by atoms with Crippen molar-refractivity contribution in [2.45, 2.75) is 13.0 Å². The number of Topliss-reactive ketones (excluding diaryl/α,β-unsaturated/α-hetero) is 1. The van der Waals surface area contributed by atoms with Crippen molar-refractivity contribution >= 4 is 28.5 Å². The van der Waals surface area contributed by atoms with E-state index in [-0.39, 0.29) is 30.6 Å². The van der Waals surface area contributed by atoms with Gasteiger partial charge in [0, 0.05) is 37.4 Å². The van der Waals surface area contributed by atoms with E-state index in [9.17, 15) is 14.4 Å². The minimum absolute atomic E-state index is 0.0916. The Kier molecular flexibility index (Phi) is 5.73. The van der Waals surface area contributed by atoms with E-state index in [1.54, 1.807) is 17.0 Å². The van der Waals surface area contributed by atoms with Crippen LogP contribution in [0.2, 0.25) is 0 Å². The molecule has 0 radical (unpaired) electrons. The van der Waals surface area contributed by atoms with Gasteiger partial charge in [0.25, 0.3) is 17.6 Å².